The lowest BCUT2D eigenvalue weighted by atomic mass is 9.84. The molecule has 3 rings (SSSR count). The molecule has 5 nitrogen and oxygen atoms in total. The summed E-state index contributed by atoms with van der Waals surface area (Å²) in [4.78, 5) is 12.2. The molecule has 1 amide bonds. The van der Waals surface area contributed by atoms with Crippen molar-refractivity contribution < 1.29 is 4.79 Å². The van der Waals surface area contributed by atoms with Crippen molar-refractivity contribution in [3.05, 3.63) is 48.3 Å². The van der Waals surface area contributed by atoms with Crippen LogP contribution in [0.3, 0.4) is 0 Å². The Morgan fingerprint density at radius 2 is 2.04 bits per heavy atom. The van der Waals surface area contributed by atoms with E-state index in [2.05, 4.69) is 22.7 Å². The van der Waals surface area contributed by atoms with Gasteiger partial charge in [-0.2, -0.15) is 5.10 Å². The maximum absolute atomic E-state index is 12.2. The summed E-state index contributed by atoms with van der Waals surface area (Å²) in [5.74, 6) is 1.31. The first kappa shape index (κ1) is 20.5. The molecule has 0 radical (unpaired) electrons. The number of aromatic nitrogens is 2. The van der Waals surface area contributed by atoms with E-state index < -0.39 is 0 Å². The molecule has 1 saturated heterocycles. The lowest BCUT2D eigenvalue weighted by molar-refractivity contribution is -0.122. The predicted molar refractivity (Wildman–Crippen MR) is 107 cm³/mol. The Kier molecular flexibility index (Phi) is 8.13. The average Bonchev–Trinajstić information content (AvgIpc) is 3.12. The van der Waals surface area contributed by atoms with E-state index in [1.807, 2.05) is 47.4 Å². The monoisotopic (exact) mass is 376 g/mol. The highest BCUT2D eigenvalue weighted by Crippen LogP contribution is 2.24. The minimum absolute atomic E-state index is 0. The molecule has 0 bridgehead atoms. The molecule has 2 heterocycles. The van der Waals surface area contributed by atoms with Crippen LogP contribution >= 0.6 is 12.4 Å². The quantitative estimate of drug-likeness (QED) is 0.781. The number of carbonyl (C=O) groups excluding carboxylic acids is 1. The maximum Gasteiger partial charge on any atom is 0.220 e. The largest absolute Gasteiger partial charge is 0.356 e. The van der Waals surface area contributed by atoms with Crippen molar-refractivity contribution in [2.24, 2.45) is 11.8 Å². The number of para-hydroxylation sites is 1. The first-order valence-corrected chi connectivity index (χ1v) is 9.29. The molecule has 0 aliphatic carbocycles. The van der Waals surface area contributed by atoms with Gasteiger partial charge in [0.15, 0.2) is 0 Å². The standard InChI is InChI=1S/C20H28N4O.ClH/c1-16(18-8-10-21-11-9-18)13-20(25)22-12-7-17-14-23-24(15-17)19-5-3-2-4-6-19;/h2-6,14-16,18,21H,7-13H2,1H3,(H,22,25);1H. The zero-order chi connectivity index (χ0) is 17.5. The molecular formula is C20H29ClN4O. The van der Waals surface area contributed by atoms with E-state index >= 15 is 0 Å². The average molecular weight is 377 g/mol. The van der Waals surface area contributed by atoms with Crippen LogP contribution in [-0.4, -0.2) is 35.3 Å². The van der Waals surface area contributed by atoms with Gasteiger partial charge in [0.2, 0.25) is 5.91 Å². The van der Waals surface area contributed by atoms with Crippen LogP contribution in [0.15, 0.2) is 42.7 Å². The molecule has 2 N–H and O–H groups in total. The summed E-state index contributed by atoms with van der Waals surface area (Å²) in [6, 6.07) is 10.1. The summed E-state index contributed by atoms with van der Waals surface area (Å²) in [6.07, 6.45) is 7.71. The van der Waals surface area contributed by atoms with Crippen LogP contribution in [-0.2, 0) is 11.2 Å². The number of nitrogens with zero attached hydrogens (tertiary/aromatic N) is 2. The topological polar surface area (TPSA) is 59.0 Å². The van der Waals surface area contributed by atoms with Crippen molar-refractivity contribution in [2.45, 2.75) is 32.6 Å². The highest BCUT2D eigenvalue weighted by atomic mass is 35.5. The smallest absolute Gasteiger partial charge is 0.220 e. The molecule has 1 aromatic carbocycles. The van der Waals surface area contributed by atoms with E-state index in [0.29, 0.717) is 24.8 Å². The molecule has 1 aliphatic rings. The van der Waals surface area contributed by atoms with Crippen molar-refractivity contribution in [1.82, 2.24) is 20.4 Å². The molecular weight excluding hydrogens is 348 g/mol. The second kappa shape index (κ2) is 10.3. The van der Waals surface area contributed by atoms with Crippen LogP contribution in [0.5, 0.6) is 0 Å². The fourth-order valence-electron chi connectivity index (χ4n) is 3.50. The second-order valence-electron chi connectivity index (χ2n) is 7.00. The SMILES string of the molecule is CC(CC(=O)NCCc1cnn(-c2ccccc2)c1)C1CCNCC1.Cl. The van der Waals surface area contributed by atoms with E-state index in [1.54, 1.807) is 0 Å². The van der Waals surface area contributed by atoms with Gasteiger partial charge < -0.3 is 10.6 Å². The molecule has 1 atom stereocenters. The van der Waals surface area contributed by atoms with Crippen LogP contribution in [0.4, 0.5) is 0 Å². The van der Waals surface area contributed by atoms with Gasteiger partial charge in [0.25, 0.3) is 0 Å². The van der Waals surface area contributed by atoms with Crippen LogP contribution in [0.2, 0.25) is 0 Å². The van der Waals surface area contributed by atoms with E-state index in [9.17, 15) is 4.79 Å². The summed E-state index contributed by atoms with van der Waals surface area (Å²) in [7, 11) is 0. The van der Waals surface area contributed by atoms with Gasteiger partial charge in [-0.15, -0.1) is 12.4 Å². The van der Waals surface area contributed by atoms with Crippen LogP contribution in [0.1, 0.15) is 31.7 Å². The summed E-state index contributed by atoms with van der Waals surface area (Å²) in [6.45, 7) is 5.04. The van der Waals surface area contributed by atoms with E-state index in [0.717, 1.165) is 30.8 Å². The van der Waals surface area contributed by atoms with Crippen molar-refractivity contribution in [1.29, 1.82) is 0 Å². The summed E-state index contributed by atoms with van der Waals surface area (Å²) in [5, 5.41) is 10.8. The Balaban J connectivity index is 0.00000243. The number of piperidine rings is 1. The molecule has 1 aliphatic heterocycles. The number of rotatable bonds is 7. The number of amides is 1. The number of hydrogen-bond acceptors (Lipinski definition) is 3. The van der Waals surface area contributed by atoms with Gasteiger partial charge in [-0.3, -0.25) is 4.79 Å². The van der Waals surface area contributed by atoms with Gasteiger partial charge in [-0.1, -0.05) is 25.1 Å². The van der Waals surface area contributed by atoms with Gasteiger partial charge >= 0.3 is 0 Å². The number of benzene rings is 1. The third kappa shape index (κ3) is 5.85. The Morgan fingerprint density at radius 3 is 2.77 bits per heavy atom. The summed E-state index contributed by atoms with van der Waals surface area (Å²) in [5.41, 5.74) is 2.18. The van der Waals surface area contributed by atoms with E-state index in [4.69, 9.17) is 0 Å². The molecule has 2 aromatic rings. The molecule has 142 valence electrons. The number of nitrogens with one attached hydrogen (secondary N) is 2. The number of hydrogen-bond donors (Lipinski definition) is 2. The van der Waals surface area contributed by atoms with Gasteiger partial charge in [0.1, 0.15) is 0 Å². The molecule has 1 aromatic heterocycles. The maximum atomic E-state index is 12.2. The van der Waals surface area contributed by atoms with Crippen molar-refractivity contribution in [3.8, 4) is 5.69 Å². The highest BCUT2D eigenvalue weighted by Gasteiger charge is 2.21. The van der Waals surface area contributed by atoms with E-state index in [-0.39, 0.29) is 18.3 Å². The minimum Gasteiger partial charge on any atom is -0.356 e. The number of carbonyl (C=O) groups is 1. The molecule has 0 saturated carbocycles. The van der Waals surface area contributed by atoms with Crippen LogP contribution < -0.4 is 10.6 Å². The first-order valence-electron chi connectivity index (χ1n) is 9.29. The normalized spacial score (nSPS) is 15.9. The molecule has 6 heteroatoms. The minimum atomic E-state index is 0. The zero-order valence-electron chi connectivity index (χ0n) is 15.4. The lowest BCUT2D eigenvalue weighted by Gasteiger charge is -2.27. The molecule has 1 fully saturated rings. The lowest BCUT2D eigenvalue weighted by Crippen LogP contribution is -2.34. The predicted octanol–water partition coefficient (Wildman–Crippen LogP) is 2.98. The molecule has 0 spiro atoms. The van der Waals surface area contributed by atoms with Crippen LogP contribution in [0.25, 0.3) is 5.69 Å². The van der Waals surface area contributed by atoms with E-state index in [1.165, 1.54) is 12.8 Å². The van der Waals surface area contributed by atoms with Crippen LogP contribution in [0, 0.1) is 11.8 Å². The third-order valence-corrected chi connectivity index (χ3v) is 5.09. The summed E-state index contributed by atoms with van der Waals surface area (Å²) < 4.78 is 1.87. The highest BCUT2D eigenvalue weighted by molar-refractivity contribution is 5.85. The van der Waals surface area contributed by atoms with Crippen molar-refractivity contribution in [2.75, 3.05) is 19.6 Å². The third-order valence-electron chi connectivity index (χ3n) is 5.09. The number of halogens is 1. The van der Waals surface area contributed by atoms with Gasteiger partial charge in [0.05, 0.1) is 11.9 Å². The Hall–Kier alpha value is -1.85. The second-order valence-corrected chi connectivity index (χ2v) is 7.00. The summed E-state index contributed by atoms with van der Waals surface area (Å²) >= 11 is 0. The first-order chi connectivity index (χ1) is 12.2. The van der Waals surface area contributed by atoms with Gasteiger partial charge in [-0.25, -0.2) is 4.68 Å². The Bertz CT molecular complexity index is 667. The fraction of sp³-hybridized carbons (Fsp3) is 0.500. The van der Waals surface area contributed by atoms with Crippen molar-refractivity contribution in [3.63, 3.8) is 0 Å². The van der Waals surface area contributed by atoms with Gasteiger partial charge in [0, 0.05) is 19.2 Å². The van der Waals surface area contributed by atoms with Gasteiger partial charge in [-0.05, 0) is 61.9 Å². The fourth-order valence-corrected chi connectivity index (χ4v) is 3.50. The molecule has 26 heavy (non-hydrogen) atoms. The molecule has 1 unspecified atom stereocenters. The zero-order valence-corrected chi connectivity index (χ0v) is 16.2. The van der Waals surface area contributed by atoms with Crippen molar-refractivity contribution >= 4 is 18.3 Å². The Morgan fingerprint density at radius 1 is 1.31 bits per heavy atom. The Labute approximate surface area is 162 Å².